The van der Waals surface area contributed by atoms with Crippen molar-refractivity contribution in [3.05, 3.63) is 24.0 Å². The summed E-state index contributed by atoms with van der Waals surface area (Å²) in [6.45, 7) is 1.66. The third kappa shape index (κ3) is 3.57. The number of aliphatic hydroxyl groups is 1. The first kappa shape index (κ1) is 15.0. The maximum atomic E-state index is 12.4. The van der Waals surface area contributed by atoms with E-state index in [1.54, 1.807) is 0 Å². The van der Waals surface area contributed by atoms with Gasteiger partial charge in [0.25, 0.3) is 0 Å². The molecule has 1 aromatic heterocycles. The zero-order valence-corrected chi connectivity index (χ0v) is 12.2. The van der Waals surface area contributed by atoms with E-state index in [-0.39, 0.29) is 17.0 Å². The van der Waals surface area contributed by atoms with Crippen LogP contribution in [0.1, 0.15) is 38.2 Å². The number of sulfonamides is 1. The van der Waals surface area contributed by atoms with Crippen LogP contribution >= 0.6 is 0 Å². The first-order valence-corrected chi connectivity index (χ1v) is 8.02. The van der Waals surface area contributed by atoms with E-state index >= 15 is 0 Å². The Labute approximate surface area is 119 Å². The number of aromatic nitrogens is 1. The van der Waals surface area contributed by atoms with Crippen molar-refractivity contribution in [1.29, 1.82) is 0 Å². The highest BCUT2D eigenvalue weighted by atomic mass is 32.2. The van der Waals surface area contributed by atoms with Crippen LogP contribution in [0.2, 0.25) is 0 Å². The van der Waals surface area contributed by atoms with E-state index in [1.807, 2.05) is 6.92 Å². The fourth-order valence-electron chi connectivity index (χ4n) is 2.42. The molecule has 0 bridgehead atoms. The number of hydrogen-bond donors (Lipinski definition) is 2. The van der Waals surface area contributed by atoms with Gasteiger partial charge in [-0.25, -0.2) is 13.1 Å². The van der Waals surface area contributed by atoms with Crippen molar-refractivity contribution in [2.24, 2.45) is 0 Å². The number of nitrogens with zero attached hydrogens (tertiary/aromatic N) is 1. The molecule has 2 rings (SSSR count). The highest BCUT2D eigenvalue weighted by molar-refractivity contribution is 7.89. The number of hydrogen-bond acceptors (Lipinski definition) is 4. The minimum atomic E-state index is -3.59. The van der Waals surface area contributed by atoms with Crippen LogP contribution in [0, 0.1) is 11.8 Å². The van der Waals surface area contributed by atoms with Crippen LogP contribution < -0.4 is 4.72 Å². The van der Waals surface area contributed by atoms with E-state index in [0.717, 1.165) is 25.7 Å². The summed E-state index contributed by atoms with van der Waals surface area (Å²) in [7, 11) is -3.59. The monoisotopic (exact) mass is 294 g/mol. The molecule has 0 amide bonds. The molecule has 0 radical (unpaired) electrons. The second kappa shape index (κ2) is 5.92. The average molecular weight is 294 g/mol. The lowest BCUT2D eigenvalue weighted by Crippen LogP contribution is -2.43. The zero-order valence-electron chi connectivity index (χ0n) is 11.4. The molecule has 108 valence electrons. The van der Waals surface area contributed by atoms with E-state index in [2.05, 4.69) is 21.5 Å². The Morgan fingerprint density at radius 2 is 2.10 bits per heavy atom. The Hall–Kier alpha value is -1.42. The van der Waals surface area contributed by atoms with Crippen LogP contribution in [0.15, 0.2) is 23.4 Å². The fraction of sp³-hybridized carbons (Fsp3) is 0.500. The van der Waals surface area contributed by atoms with Crippen LogP contribution in [0.5, 0.6) is 0 Å². The van der Waals surface area contributed by atoms with Crippen molar-refractivity contribution < 1.29 is 13.5 Å². The van der Waals surface area contributed by atoms with Gasteiger partial charge in [-0.3, -0.25) is 4.98 Å². The summed E-state index contributed by atoms with van der Waals surface area (Å²) < 4.78 is 27.5. The molecule has 2 N–H and O–H groups in total. The summed E-state index contributed by atoms with van der Waals surface area (Å²) in [5.74, 6) is 5.13. The summed E-state index contributed by atoms with van der Waals surface area (Å²) in [5.41, 5.74) is 0.101. The molecule has 1 aliphatic carbocycles. The van der Waals surface area contributed by atoms with Crippen molar-refractivity contribution in [2.75, 3.05) is 6.61 Å². The average Bonchev–Trinajstić information content (AvgIpc) is 2.82. The van der Waals surface area contributed by atoms with Crippen molar-refractivity contribution in [2.45, 2.75) is 43.0 Å². The Kier molecular flexibility index (Phi) is 4.43. The summed E-state index contributed by atoms with van der Waals surface area (Å²) in [6.07, 6.45) is 6.57. The van der Waals surface area contributed by atoms with Crippen LogP contribution in [0.3, 0.4) is 0 Å². The highest BCUT2D eigenvalue weighted by Crippen LogP contribution is 2.30. The molecule has 0 aromatic carbocycles. The topological polar surface area (TPSA) is 79.3 Å². The Balaban J connectivity index is 2.25. The van der Waals surface area contributed by atoms with Crippen LogP contribution in [0.25, 0.3) is 0 Å². The summed E-state index contributed by atoms with van der Waals surface area (Å²) in [6, 6.07) is 1.47. The minimum absolute atomic E-state index is 0.107. The van der Waals surface area contributed by atoms with Gasteiger partial charge >= 0.3 is 0 Å². The van der Waals surface area contributed by atoms with E-state index in [4.69, 9.17) is 5.11 Å². The fourth-order valence-corrected chi connectivity index (χ4v) is 3.87. The molecule has 0 atom stereocenters. The van der Waals surface area contributed by atoms with Crippen molar-refractivity contribution in [3.8, 4) is 11.8 Å². The lowest BCUT2D eigenvalue weighted by Gasteiger charge is -2.24. The van der Waals surface area contributed by atoms with Gasteiger partial charge < -0.3 is 5.11 Å². The first-order chi connectivity index (χ1) is 9.45. The molecule has 6 heteroatoms. The predicted molar refractivity (Wildman–Crippen MR) is 75.4 cm³/mol. The summed E-state index contributed by atoms with van der Waals surface area (Å²) >= 11 is 0. The van der Waals surface area contributed by atoms with Gasteiger partial charge in [0.1, 0.15) is 11.5 Å². The maximum Gasteiger partial charge on any atom is 0.242 e. The van der Waals surface area contributed by atoms with Crippen molar-refractivity contribution in [1.82, 2.24) is 9.71 Å². The molecule has 1 saturated carbocycles. The zero-order chi connectivity index (χ0) is 14.6. The van der Waals surface area contributed by atoms with Gasteiger partial charge in [-0.05, 0) is 25.8 Å². The van der Waals surface area contributed by atoms with Gasteiger partial charge in [0, 0.05) is 23.5 Å². The molecule has 5 nitrogen and oxygen atoms in total. The van der Waals surface area contributed by atoms with Crippen molar-refractivity contribution >= 4 is 10.0 Å². The van der Waals surface area contributed by atoms with Gasteiger partial charge in [-0.1, -0.05) is 24.7 Å². The largest absolute Gasteiger partial charge is 0.384 e. The molecular formula is C14H18N2O3S. The molecule has 0 spiro atoms. The minimum Gasteiger partial charge on any atom is -0.384 e. The smallest absolute Gasteiger partial charge is 0.242 e. The quantitative estimate of drug-likeness (QED) is 0.816. The van der Waals surface area contributed by atoms with E-state index in [9.17, 15) is 8.42 Å². The normalized spacial score (nSPS) is 17.5. The summed E-state index contributed by atoms with van der Waals surface area (Å²) in [5, 5.41) is 8.66. The van der Waals surface area contributed by atoms with Crippen LogP contribution in [-0.4, -0.2) is 30.7 Å². The lowest BCUT2D eigenvalue weighted by molar-refractivity contribution is 0.350. The van der Waals surface area contributed by atoms with Gasteiger partial charge in [0.15, 0.2) is 0 Å². The molecule has 0 aliphatic heterocycles. The number of pyridine rings is 1. The third-order valence-corrected chi connectivity index (χ3v) is 5.03. The molecule has 0 saturated heterocycles. The van der Waals surface area contributed by atoms with Crippen LogP contribution in [-0.2, 0) is 10.0 Å². The second-order valence-electron chi connectivity index (χ2n) is 5.24. The molecular weight excluding hydrogens is 276 g/mol. The SMILES string of the molecule is CC1(NS(=O)(=O)c2cncc(C#CCO)c2)CCCC1. The molecule has 1 aliphatic rings. The Bertz CT molecular complexity index is 638. The van der Waals surface area contributed by atoms with E-state index in [1.165, 1.54) is 18.5 Å². The standard InChI is InChI=1S/C14H18N2O3S/c1-14(6-2-3-7-14)16-20(18,19)13-9-12(5-4-8-17)10-15-11-13/h9-11,16-17H,2-3,6-8H2,1H3. The van der Waals surface area contributed by atoms with E-state index < -0.39 is 10.0 Å². The molecule has 0 unspecified atom stereocenters. The van der Waals surface area contributed by atoms with Crippen molar-refractivity contribution in [3.63, 3.8) is 0 Å². The highest BCUT2D eigenvalue weighted by Gasteiger charge is 2.33. The number of nitrogens with one attached hydrogen (secondary N) is 1. The third-order valence-electron chi connectivity index (χ3n) is 3.42. The molecule has 1 heterocycles. The van der Waals surface area contributed by atoms with Gasteiger partial charge in [-0.15, -0.1) is 0 Å². The summed E-state index contributed by atoms with van der Waals surface area (Å²) in [4.78, 5) is 4.00. The Morgan fingerprint density at radius 3 is 2.75 bits per heavy atom. The van der Waals surface area contributed by atoms with Crippen LogP contribution in [0.4, 0.5) is 0 Å². The van der Waals surface area contributed by atoms with E-state index in [0.29, 0.717) is 5.56 Å². The second-order valence-corrected chi connectivity index (χ2v) is 6.92. The molecule has 20 heavy (non-hydrogen) atoms. The van der Waals surface area contributed by atoms with Gasteiger partial charge in [0.05, 0.1) is 0 Å². The number of rotatable bonds is 3. The van der Waals surface area contributed by atoms with Gasteiger partial charge in [-0.2, -0.15) is 0 Å². The molecule has 1 fully saturated rings. The molecule has 1 aromatic rings. The lowest BCUT2D eigenvalue weighted by atomic mass is 10.0. The number of aliphatic hydroxyl groups excluding tert-OH is 1. The maximum absolute atomic E-state index is 12.4. The Morgan fingerprint density at radius 1 is 1.40 bits per heavy atom. The first-order valence-electron chi connectivity index (χ1n) is 6.54. The van der Waals surface area contributed by atoms with Gasteiger partial charge in [0.2, 0.25) is 10.0 Å². The predicted octanol–water partition coefficient (Wildman–Crippen LogP) is 1.04.